The largest absolute Gasteiger partial charge is 0.338 e. The SMILES string of the molecule is N#Cc1ccc(CN2CCC(c3c(C(=O)N4CCC(c5ccccc5)C4)cnn3-c3ccc(F)cc3)CC2)cc1. The Kier molecular flexibility index (Phi) is 7.43. The number of nitrogens with zero attached hydrogens (tertiary/aromatic N) is 5. The normalized spacial score (nSPS) is 18.1. The van der Waals surface area contributed by atoms with Gasteiger partial charge in [0.25, 0.3) is 5.91 Å². The number of benzene rings is 3. The average Bonchev–Trinajstić information content (AvgIpc) is 3.67. The zero-order valence-electron chi connectivity index (χ0n) is 22.4. The third-order valence-corrected chi connectivity index (χ3v) is 8.32. The Balaban J connectivity index is 1.22. The second-order valence-electron chi connectivity index (χ2n) is 10.8. The predicted octanol–water partition coefficient (Wildman–Crippen LogP) is 5.89. The molecule has 7 heteroatoms. The Labute approximate surface area is 234 Å². The van der Waals surface area contributed by atoms with Gasteiger partial charge in [0, 0.05) is 31.5 Å². The number of aromatic nitrogens is 2. The van der Waals surface area contributed by atoms with E-state index in [9.17, 15) is 9.18 Å². The van der Waals surface area contributed by atoms with Crippen LogP contribution in [0.3, 0.4) is 0 Å². The molecule has 0 radical (unpaired) electrons. The van der Waals surface area contributed by atoms with Crippen molar-refractivity contribution in [2.24, 2.45) is 0 Å². The molecule has 1 atom stereocenters. The highest BCUT2D eigenvalue weighted by molar-refractivity contribution is 5.95. The molecule has 0 N–H and O–H groups in total. The van der Waals surface area contributed by atoms with Crippen molar-refractivity contribution in [1.82, 2.24) is 19.6 Å². The summed E-state index contributed by atoms with van der Waals surface area (Å²) in [5.41, 5.74) is 5.48. The van der Waals surface area contributed by atoms with Crippen LogP contribution in [0.1, 0.15) is 63.8 Å². The molecule has 6 nitrogen and oxygen atoms in total. The lowest BCUT2D eigenvalue weighted by molar-refractivity contribution is 0.0788. The van der Waals surface area contributed by atoms with E-state index in [-0.39, 0.29) is 17.6 Å². The zero-order chi connectivity index (χ0) is 27.5. The highest BCUT2D eigenvalue weighted by atomic mass is 19.1. The molecular formula is C33H32FN5O. The first-order chi connectivity index (χ1) is 19.6. The first kappa shape index (κ1) is 26.0. The van der Waals surface area contributed by atoms with Crippen LogP contribution >= 0.6 is 0 Å². The molecule has 202 valence electrons. The lowest BCUT2D eigenvalue weighted by atomic mass is 9.90. The molecule has 1 amide bonds. The van der Waals surface area contributed by atoms with E-state index in [1.165, 1.54) is 23.3 Å². The van der Waals surface area contributed by atoms with Crippen molar-refractivity contribution in [3.05, 3.63) is 119 Å². The van der Waals surface area contributed by atoms with Gasteiger partial charge in [-0.15, -0.1) is 0 Å². The monoisotopic (exact) mass is 533 g/mol. The molecule has 40 heavy (non-hydrogen) atoms. The fourth-order valence-corrected chi connectivity index (χ4v) is 6.12. The quantitative estimate of drug-likeness (QED) is 0.310. The van der Waals surface area contributed by atoms with Gasteiger partial charge in [-0.05, 0) is 79.9 Å². The van der Waals surface area contributed by atoms with Crippen LogP contribution in [-0.2, 0) is 6.54 Å². The van der Waals surface area contributed by atoms with Gasteiger partial charge >= 0.3 is 0 Å². The number of amides is 1. The van der Waals surface area contributed by atoms with E-state index in [2.05, 4.69) is 40.3 Å². The summed E-state index contributed by atoms with van der Waals surface area (Å²) in [5, 5.41) is 13.7. The van der Waals surface area contributed by atoms with Crippen LogP contribution in [0, 0.1) is 17.1 Å². The van der Waals surface area contributed by atoms with Gasteiger partial charge < -0.3 is 4.90 Å². The van der Waals surface area contributed by atoms with Gasteiger partial charge in [0.2, 0.25) is 0 Å². The molecule has 2 saturated heterocycles. The van der Waals surface area contributed by atoms with E-state index >= 15 is 0 Å². The number of piperidine rings is 1. The molecule has 2 fully saturated rings. The standard InChI is InChI=1S/C33H32FN5O/c34-29-10-12-30(13-11-29)39-32(27-14-17-37(18-15-27)22-25-8-6-24(20-35)7-9-25)31(21-36-39)33(40)38-19-16-28(23-38)26-4-2-1-3-5-26/h1-13,21,27-28H,14-19,22-23H2. The highest BCUT2D eigenvalue weighted by Gasteiger charge is 2.34. The molecule has 3 heterocycles. The van der Waals surface area contributed by atoms with Crippen LogP contribution in [0.4, 0.5) is 4.39 Å². The van der Waals surface area contributed by atoms with Gasteiger partial charge in [-0.1, -0.05) is 42.5 Å². The van der Waals surface area contributed by atoms with Crippen LogP contribution in [0.15, 0.2) is 85.1 Å². The first-order valence-corrected chi connectivity index (χ1v) is 14.0. The maximum Gasteiger partial charge on any atom is 0.257 e. The summed E-state index contributed by atoms with van der Waals surface area (Å²) in [6.07, 6.45) is 4.46. The molecule has 0 spiro atoms. The maximum absolute atomic E-state index is 13.9. The lowest BCUT2D eigenvalue weighted by Crippen LogP contribution is -2.34. The summed E-state index contributed by atoms with van der Waals surface area (Å²) < 4.78 is 15.6. The third-order valence-electron chi connectivity index (χ3n) is 8.32. The Morgan fingerprint density at radius 1 is 0.900 bits per heavy atom. The first-order valence-electron chi connectivity index (χ1n) is 14.0. The van der Waals surface area contributed by atoms with E-state index in [1.807, 2.05) is 39.9 Å². The van der Waals surface area contributed by atoms with Crippen molar-refractivity contribution in [1.29, 1.82) is 5.26 Å². The molecule has 0 saturated carbocycles. The van der Waals surface area contributed by atoms with E-state index in [1.54, 1.807) is 18.3 Å². The fraction of sp³-hybridized carbons (Fsp3) is 0.303. The summed E-state index contributed by atoms with van der Waals surface area (Å²) >= 11 is 0. The predicted molar refractivity (Wildman–Crippen MR) is 152 cm³/mol. The van der Waals surface area contributed by atoms with E-state index in [0.29, 0.717) is 23.6 Å². The molecule has 6 rings (SSSR count). The van der Waals surface area contributed by atoms with Gasteiger partial charge in [0.05, 0.1) is 34.8 Å². The summed E-state index contributed by atoms with van der Waals surface area (Å²) in [6.45, 7) is 4.05. The van der Waals surface area contributed by atoms with Gasteiger partial charge in [-0.25, -0.2) is 9.07 Å². The highest BCUT2D eigenvalue weighted by Crippen LogP contribution is 2.35. The molecule has 0 aliphatic carbocycles. The third kappa shape index (κ3) is 5.41. The summed E-state index contributed by atoms with van der Waals surface area (Å²) in [7, 11) is 0. The van der Waals surface area contributed by atoms with E-state index in [0.717, 1.165) is 56.8 Å². The second kappa shape index (κ2) is 11.4. The molecule has 4 aromatic rings. The van der Waals surface area contributed by atoms with Crippen LogP contribution < -0.4 is 0 Å². The minimum absolute atomic E-state index is 0.0294. The molecular weight excluding hydrogens is 501 g/mol. The van der Waals surface area contributed by atoms with Crippen molar-refractivity contribution in [2.75, 3.05) is 26.2 Å². The molecule has 1 aromatic heterocycles. The van der Waals surface area contributed by atoms with Crippen LogP contribution in [0.25, 0.3) is 5.69 Å². The topological polar surface area (TPSA) is 65.2 Å². The number of carbonyl (C=O) groups excluding carboxylic acids is 1. The minimum Gasteiger partial charge on any atom is -0.338 e. The van der Waals surface area contributed by atoms with Crippen molar-refractivity contribution >= 4 is 5.91 Å². The Bertz CT molecular complexity index is 1500. The van der Waals surface area contributed by atoms with Gasteiger partial charge in [0.15, 0.2) is 0 Å². The number of hydrogen-bond acceptors (Lipinski definition) is 4. The molecule has 2 aliphatic rings. The number of likely N-dealkylation sites (tertiary alicyclic amines) is 2. The van der Waals surface area contributed by atoms with Gasteiger partial charge in [-0.2, -0.15) is 10.4 Å². The van der Waals surface area contributed by atoms with Crippen LogP contribution in [0.5, 0.6) is 0 Å². The summed E-state index contributed by atoms with van der Waals surface area (Å²) in [5.74, 6) is 0.234. The lowest BCUT2D eigenvalue weighted by Gasteiger charge is -2.33. The molecule has 3 aromatic carbocycles. The van der Waals surface area contributed by atoms with E-state index in [4.69, 9.17) is 5.26 Å². The Hall–Kier alpha value is -4.28. The molecule has 2 aliphatic heterocycles. The number of carbonyl (C=O) groups is 1. The maximum atomic E-state index is 13.9. The van der Waals surface area contributed by atoms with Crippen molar-refractivity contribution in [2.45, 2.75) is 37.6 Å². The van der Waals surface area contributed by atoms with Crippen molar-refractivity contribution in [3.63, 3.8) is 0 Å². The average molecular weight is 534 g/mol. The van der Waals surface area contributed by atoms with Crippen LogP contribution in [0.2, 0.25) is 0 Å². The number of halogens is 1. The smallest absolute Gasteiger partial charge is 0.257 e. The summed E-state index contributed by atoms with van der Waals surface area (Å²) in [6, 6.07) is 26.7. The van der Waals surface area contributed by atoms with Crippen molar-refractivity contribution < 1.29 is 9.18 Å². The Morgan fingerprint density at radius 3 is 2.30 bits per heavy atom. The van der Waals surface area contributed by atoms with Gasteiger partial charge in [-0.3, -0.25) is 9.69 Å². The minimum atomic E-state index is -0.297. The van der Waals surface area contributed by atoms with Crippen molar-refractivity contribution in [3.8, 4) is 11.8 Å². The van der Waals surface area contributed by atoms with Gasteiger partial charge in [0.1, 0.15) is 5.82 Å². The second-order valence-corrected chi connectivity index (χ2v) is 10.8. The van der Waals surface area contributed by atoms with E-state index < -0.39 is 0 Å². The zero-order valence-corrected chi connectivity index (χ0v) is 22.4. The summed E-state index contributed by atoms with van der Waals surface area (Å²) in [4.78, 5) is 18.3. The van der Waals surface area contributed by atoms with Crippen LogP contribution in [-0.4, -0.2) is 51.7 Å². The molecule has 1 unspecified atom stereocenters. The number of rotatable bonds is 6. The number of nitriles is 1. The Morgan fingerprint density at radius 2 is 1.60 bits per heavy atom. The fourth-order valence-electron chi connectivity index (χ4n) is 6.12. The number of hydrogen-bond donors (Lipinski definition) is 0. The molecule has 0 bridgehead atoms.